The van der Waals surface area contributed by atoms with Crippen LogP contribution in [0, 0.1) is 0 Å². The number of para-hydroxylation sites is 1. The lowest BCUT2D eigenvalue weighted by molar-refractivity contribution is -0.145. The standard InChI is InChI=1S/C15H17N3O4/c1-3-21-13(19)9-22-12-7-5-4-6-10(12)8-11-14(20)17-15(16)18(11)2/h4-8H,3,9H2,1-2H3,(H2,16,17,20)/b11-8+. The lowest BCUT2D eigenvalue weighted by Crippen LogP contribution is -2.28. The Morgan fingerprint density at radius 2 is 2.14 bits per heavy atom. The van der Waals surface area contributed by atoms with Crippen molar-refractivity contribution in [1.29, 1.82) is 0 Å². The first-order chi connectivity index (χ1) is 10.5. The topological polar surface area (TPSA) is 94.2 Å². The zero-order valence-electron chi connectivity index (χ0n) is 12.4. The van der Waals surface area contributed by atoms with E-state index in [0.717, 1.165) is 0 Å². The molecule has 1 aliphatic rings. The van der Waals surface area contributed by atoms with Crippen molar-refractivity contribution in [2.75, 3.05) is 20.3 Å². The summed E-state index contributed by atoms with van der Waals surface area (Å²) in [6.45, 7) is 1.82. The minimum absolute atomic E-state index is 0.140. The second-order valence-corrected chi connectivity index (χ2v) is 4.50. The predicted molar refractivity (Wildman–Crippen MR) is 80.9 cm³/mol. The molecule has 1 aromatic carbocycles. The van der Waals surface area contributed by atoms with E-state index in [1.54, 1.807) is 44.3 Å². The van der Waals surface area contributed by atoms with Crippen molar-refractivity contribution in [1.82, 2.24) is 4.90 Å². The number of ether oxygens (including phenoxy) is 2. The first-order valence-electron chi connectivity index (χ1n) is 6.74. The van der Waals surface area contributed by atoms with Crippen molar-refractivity contribution >= 4 is 23.9 Å². The monoisotopic (exact) mass is 303 g/mol. The van der Waals surface area contributed by atoms with E-state index in [1.807, 2.05) is 0 Å². The number of benzene rings is 1. The molecule has 0 saturated heterocycles. The largest absolute Gasteiger partial charge is 0.481 e. The number of esters is 1. The summed E-state index contributed by atoms with van der Waals surface area (Å²) in [5.41, 5.74) is 6.59. The highest BCUT2D eigenvalue weighted by molar-refractivity contribution is 6.12. The SMILES string of the molecule is CCOC(=O)COc1ccccc1/C=C1\C(=O)N=C(N)N1C. The molecule has 2 N–H and O–H groups in total. The number of nitrogens with zero attached hydrogens (tertiary/aromatic N) is 2. The van der Waals surface area contributed by atoms with E-state index in [9.17, 15) is 9.59 Å². The van der Waals surface area contributed by atoms with Crippen LogP contribution in [0.5, 0.6) is 5.75 Å². The Balaban J connectivity index is 2.19. The van der Waals surface area contributed by atoms with E-state index >= 15 is 0 Å². The third-order valence-corrected chi connectivity index (χ3v) is 3.00. The van der Waals surface area contributed by atoms with E-state index in [4.69, 9.17) is 15.2 Å². The molecule has 0 unspecified atom stereocenters. The van der Waals surface area contributed by atoms with Gasteiger partial charge < -0.3 is 20.1 Å². The number of rotatable bonds is 5. The van der Waals surface area contributed by atoms with Gasteiger partial charge in [-0.15, -0.1) is 0 Å². The van der Waals surface area contributed by atoms with Gasteiger partial charge in [-0.05, 0) is 19.1 Å². The van der Waals surface area contributed by atoms with Crippen molar-refractivity contribution in [2.24, 2.45) is 10.7 Å². The molecule has 116 valence electrons. The van der Waals surface area contributed by atoms with Gasteiger partial charge in [0.1, 0.15) is 11.4 Å². The molecule has 0 atom stereocenters. The number of hydrogen-bond donors (Lipinski definition) is 1. The number of hydrogen-bond acceptors (Lipinski definition) is 6. The average molecular weight is 303 g/mol. The fraction of sp³-hybridized carbons (Fsp3) is 0.267. The number of carbonyl (C=O) groups is 2. The van der Waals surface area contributed by atoms with Gasteiger partial charge in [-0.25, -0.2) is 4.79 Å². The summed E-state index contributed by atoms with van der Waals surface area (Å²) >= 11 is 0. The van der Waals surface area contributed by atoms with Crippen LogP contribution < -0.4 is 10.5 Å². The van der Waals surface area contributed by atoms with Crippen molar-refractivity contribution < 1.29 is 19.1 Å². The molecule has 1 aromatic rings. The summed E-state index contributed by atoms with van der Waals surface area (Å²) in [7, 11) is 1.65. The van der Waals surface area contributed by atoms with Gasteiger partial charge in [-0.3, -0.25) is 4.79 Å². The molecular weight excluding hydrogens is 286 g/mol. The lowest BCUT2D eigenvalue weighted by atomic mass is 10.1. The van der Waals surface area contributed by atoms with Gasteiger partial charge in [0, 0.05) is 12.6 Å². The Labute approximate surface area is 128 Å². The molecule has 1 amide bonds. The summed E-state index contributed by atoms with van der Waals surface area (Å²) in [6, 6.07) is 7.04. The Kier molecular flexibility index (Phi) is 4.77. The molecule has 0 aliphatic carbocycles. The van der Waals surface area contributed by atoms with Crippen molar-refractivity contribution in [3.63, 3.8) is 0 Å². The van der Waals surface area contributed by atoms with Crippen LogP contribution in [0.3, 0.4) is 0 Å². The van der Waals surface area contributed by atoms with E-state index in [1.165, 1.54) is 4.90 Å². The van der Waals surface area contributed by atoms with E-state index in [2.05, 4.69) is 4.99 Å². The summed E-state index contributed by atoms with van der Waals surface area (Å²) in [5, 5.41) is 0. The molecule has 0 bridgehead atoms. The van der Waals surface area contributed by atoms with Gasteiger partial charge >= 0.3 is 5.97 Å². The quantitative estimate of drug-likeness (QED) is 0.637. The van der Waals surface area contributed by atoms with Crippen LogP contribution >= 0.6 is 0 Å². The molecule has 0 spiro atoms. The second-order valence-electron chi connectivity index (χ2n) is 4.50. The van der Waals surface area contributed by atoms with Crippen molar-refractivity contribution in [3.8, 4) is 5.75 Å². The third-order valence-electron chi connectivity index (χ3n) is 3.00. The van der Waals surface area contributed by atoms with Crippen LogP contribution in [0.1, 0.15) is 12.5 Å². The molecular formula is C15H17N3O4. The van der Waals surface area contributed by atoms with E-state index in [-0.39, 0.29) is 12.6 Å². The number of carbonyl (C=O) groups excluding carboxylic acids is 2. The maximum Gasteiger partial charge on any atom is 0.344 e. The van der Waals surface area contributed by atoms with Crippen LogP contribution in [0.25, 0.3) is 6.08 Å². The van der Waals surface area contributed by atoms with Gasteiger partial charge in [-0.2, -0.15) is 4.99 Å². The molecule has 22 heavy (non-hydrogen) atoms. The highest BCUT2D eigenvalue weighted by Crippen LogP contribution is 2.23. The molecule has 7 heteroatoms. The highest BCUT2D eigenvalue weighted by Gasteiger charge is 2.24. The molecule has 0 fully saturated rings. The Hall–Kier alpha value is -2.83. The van der Waals surface area contributed by atoms with E-state index < -0.39 is 11.9 Å². The zero-order valence-corrected chi connectivity index (χ0v) is 12.4. The fourth-order valence-corrected chi connectivity index (χ4v) is 1.88. The normalized spacial score (nSPS) is 15.9. The molecule has 7 nitrogen and oxygen atoms in total. The highest BCUT2D eigenvalue weighted by atomic mass is 16.6. The van der Waals surface area contributed by atoms with Crippen LogP contribution in [0.15, 0.2) is 35.0 Å². The number of likely N-dealkylation sites (N-methyl/N-ethyl adjacent to an activating group) is 1. The molecule has 0 saturated carbocycles. The first kappa shape index (κ1) is 15.6. The molecule has 0 aromatic heterocycles. The zero-order chi connectivity index (χ0) is 16.1. The Morgan fingerprint density at radius 3 is 2.77 bits per heavy atom. The maximum absolute atomic E-state index is 11.8. The van der Waals surface area contributed by atoms with Gasteiger partial charge in [0.25, 0.3) is 5.91 Å². The van der Waals surface area contributed by atoms with Crippen molar-refractivity contribution in [3.05, 3.63) is 35.5 Å². The smallest absolute Gasteiger partial charge is 0.344 e. The number of aliphatic imine (C=N–C) groups is 1. The number of guanidine groups is 1. The van der Waals surface area contributed by atoms with Crippen LogP contribution in [0.4, 0.5) is 0 Å². The summed E-state index contributed by atoms with van der Waals surface area (Å²) in [4.78, 5) is 28.3. The molecule has 2 rings (SSSR count). The van der Waals surface area contributed by atoms with Gasteiger partial charge in [-0.1, -0.05) is 18.2 Å². The van der Waals surface area contributed by atoms with Crippen molar-refractivity contribution in [2.45, 2.75) is 6.92 Å². The minimum Gasteiger partial charge on any atom is -0.481 e. The number of nitrogens with two attached hydrogens (primary N) is 1. The molecule has 0 radical (unpaired) electrons. The second kappa shape index (κ2) is 6.75. The lowest BCUT2D eigenvalue weighted by Gasteiger charge is -2.13. The van der Waals surface area contributed by atoms with Gasteiger partial charge in [0.05, 0.1) is 6.61 Å². The van der Waals surface area contributed by atoms with Gasteiger partial charge in [0.15, 0.2) is 6.61 Å². The average Bonchev–Trinajstić information content (AvgIpc) is 2.73. The molecule has 1 aliphatic heterocycles. The first-order valence-corrected chi connectivity index (χ1v) is 6.74. The summed E-state index contributed by atoms with van der Waals surface area (Å²) in [6.07, 6.45) is 1.62. The predicted octanol–water partition coefficient (Wildman–Crippen LogP) is 0.756. The minimum atomic E-state index is -0.452. The number of amides is 1. The van der Waals surface area contributed by atoms with Gasteiger partial charge in [0.2, 0.25) is 5.96 Å². The van der Waals surface area contributed by atoms with Crippen LogP contribution in [-0.4, -0.2) is 43.0 Å². The van der Waals surface area contributed by atoms with Crippen LogP contribution in [0.2, 0.25) is 0 Å². The Morgan fingerprint density at radius 1 is 1.41 bits per heavy atom. The summed E-state index contributed by atoms with van der Waals surface area (Å²) in [5.74, 6) is -0.261. The molecule has 1 heterocycles. The fourth-order valence-electron chi connectivity index (χ4n) is 1.88. The van der Waals surface area contributed by atoms with E-state index in [0.29, 0.717) is 23.6 Å². The third kappa shape index (κ3) is 3.43. The maximum atomic E-state index is 11.8. The van der Waals surface area contributed by atoms with Crippen LogP contribution in [-0.2, 0) is 14.3 Å². The summed E-state index contributed by atoms with van der Waals surface area (Å²) < 4.78 is 10.3. The Bertz CT molecular complexity index is 652.